The quantitative estimate of drug-likeness (QED) is 0.788. The van der Waals surface area contributed by atoms with Crippen LogP contribution in [-0.4, -0.2) is 62.4 Å². The lowest BCUT2D eigenvalue weighted by molar-refractivity contribution is -0.121. The topological polar surface area (TPSA) is 89.1 Å². The van der Waals surface area contributed by atoms with Gasteiger partial charge >= 0.3 is 6.09 Å². The maximum Gasteiger partial charge on any atom is 0.409 e. The lowest BCUT2D eigenvalue weighted by atomic mass is 10.1. The number of hydrogen-bond acceptors (Lipinski definition) is 6. The van der Waals surface area contributed by atoms with Crippen molar-refractivity contribution in [3.8, 4) is 11.5 Å². The average Bonchev–Trinajstić information content (AvgIpc) is 2.68. The molecule has 8 nitrogen and oxygen atoms in total. The van der Waals surface area contributed by atoms with Crippen molar-refractivity contribution in [1.82, 2.24) is 10.2 Å². The summed E-state index contributed by atoms with van der Waals surface area (Å²) in [4.78, 5) is 25.5. The first-order valence-corrected chi connectivity index (χ1v) is 9.50. The molecule has 2 heterocycles. The Balaban J connectivity index is 1.35. The summed E-state index contributed by atoms with van der Waals surface area (Å²) in [6, 6.07) is 5.78. The molecular weight excluding hydrogens is 350 g/mol. The Morgan fingerprint density at radius 3 is 2.67 bits per heavy atom. The third-order valence-electron chi connectivity index (χ3n) is 4.61. The van der Waals surface area contributed by atoms with Gasteiger partial charge in [-0.05, 0) is 31.9 Å². The molecule has 1 aromatic rings. The summed E-state index contributed by atoms with van der Waals surface area (Å²) >= 11 is 0. The minimum absolute atomic E-state index is 0.00891. The normalized spacial score (nSPS) is 16.6. The first kappa shape index (κ1) is 19.1. The van der Waals surface area contributed by atoms with E-state index in [0.717, 1.165) is 30.0 Å². The number of nitrogens with one attached hydrogen (secondary N) is 2. The van der Waals surface area contributed by atoms with E-state index in [4.69, 9.17) is 14.2 Å². The molecule has 2 aliphatic rings. The molecule has 2 amide bonds. The van der Waals surface area contributed by atoms with Crippen molar-refractivity contribution in [2.24, 2.45) is 0 Å². The summed E-state index contributed by atoms with van der Waals surface area (Å²) in [6.45, 7) is 5.05. The molecule has 2 aliphatic heterocycles. The molecule has 0 unspecified atom stereocenters. The fourth-order valence-electron chi connectivity index (χ4n) is 3.19. The van der Waals surface area contributed by atoms with Crippen LogP contribution in [0.4, 0.5) is 10.5 Å². The van der Waals surface area contributed by atoms with E-state index in [1.54, 1.807) is 11.8 Å². The van der Waals surface area contributed by atoms with Gasteiger partial charge in [0.05, 0.1) is 6.61 Å². The Labute approximate surface area is 159 Å². The number of anilines is 1. The minimum atomic E-state index is -0.272. The lowest BCUT2D eigenvalue weighted by Crippen LogP contribution is -2.46. The van der Waals surface area contributed by atoms with Crippen LogP contribution in [0.15, 0.2) is 18.2 Å². The number of carbonyl (C=O) groups excluding carboxylic acids is 2. The van der Waals surface area contributed by atoms with Gasteiger partial charge < -0.3 is 29.7 Å². The predicted octanol–water partition coefficient (Wildman–Crippen LogP) is 2.00. The molecule has 0 radical (unpaired) electrons. The number of nitrogens with zero attached hydrogens (tertiary/aromatic N) is 1. The molecule has 0 aromatic heterocycles. The number of benzene rings is 1. The molecular formula is C19H27N3O5. The molecule has 2 N–H and O–H groups in total. The molecule has 8 heteroatoms. The molecule has 1 saturated heterocycles. The van der Waals surface area contributed by atoms with Crippen LogP contribution in [0.3, 0.4) is 0 Å². The maximum atomic E-state index is 12.2. The fourth-order valence-corrected chi connectivity index (χ4v) is 3.19. The zero-order valence-electron chi connectivity index (χ0n) is 15.7. The second-order valence-electron chi connectivity index (χ2n) is 6.56. The van der Waals surface area contributed by atoms with Crippen molar-refractivity contribution < 1.29 is 23.8 Å². The van der Waals surface area contributed by atoms with Crippen LogP contribution in [0, 0.1) is 0 Å². The van der Waals surface area contributed by atoms with Gasteiger partial charge in [0.1, 0.15) is 13.2 Å². The summed E-state index contributed by atoms with van der Waals surface area (Å²) in [5.41, 5.74) is 0.898. The predicted molar refractivity (Wildman–Crippen MR) is 100 cm³/mol. The Bertz CT molecular complexity index is 659. The number of piperidine rings is 1. The first-order valence-electron chi connectivity index (χ1n) is 9.50. The Hall–Kier alpha value is -2.64. The Morgan fingerprint density at radius 1 is 1.19 bits per heavy atom. The van der Waals surface area contributed by atoms with Gasteiger partial charge in [0.2, 0.25) is 5.91 Å². The van der Waals surface area contributed by atoms with Gasteiger partial charge in [-0.25, -0.2) is 4.79 Å². The van der Waals surface area contributed by atoms with E-state index in [0.29, 0.717) is 45.9 Å². The number of amides is 2. The van der Waals surface area contributed by atoms with E-state index >= 15 is 0 Å². The molecule has 0 aliphatic carbocycles. The van der Waals surface area contributed by atoms with E-state index in [2.05, 4.69) is 10.6 Å². The summed E-state index contributed by atoms with van der Waals surface area (Å²) in [6.07, 6.45) is 1.61. The van der Waals surface area contributed by atoms with Gasteiger partial charge in [0, 0.05) is 43.9 Å². The molecule has 0 spiro atoms. The zero-order valence-corrected chi connectivity index (χ0v) is 15.7. The number of rotatable bonds is 6. The summed E-state index contributed by atoms with van der Waals surface area (Å²) < 4.78 is 16.0. The highest BCUT2D eigenvalue weighted by Gasteiger charge is 2.24. The summed E-state index contributed by atoms with van der Waals surface area (Å²) in [7, 11) is 0. The van der Waals surface area contributed by atoms with Gasteiger partial charge in [0.15, 0.2) is 11.5 Å². The van der Waals surface area contributed by atoms with Crippen molar-refractivity contribution >= 4 is 17.7 Å². The van der Waals surface area contributed by atoms with Crippen LogP contribution in [-0.2, 0) is 9.53 Å². The van der Waals surface area contributed by atoms with Crippen LogP contribution in [0.5, 0.6) is 11.5 Å². The molecule has 27 heavy (non-hydrogen) atoms. The number of likely N-dealkylation sites (tertiary alicyclic amines) is 1. The van der Waals surface area contributed by atoms with E-state index < -0.39 is 0 Å². The molecule has 148 valence electrons. The van der Waals surface area contributed by atoms with E-state index in [1.807, 2.05) is 18.2 Å². The van der Waals surface area contributed by atoms with Gasteiger partial charge in [0.25, 0.3) is 0 Å². The molecule has 0 saturated carbocycles. The molecule has 0 bridgehead atoms. The molecule has 1 fully saturated rings. The monoisotopic (exact) mass is 377 g/mol. The fraction of sp³-hybridized carbons (Fsp3) is 0.579. The highest BCUT2D eigenvalue weighted by molar-refractivity contribution is 5.77. The summed E-state index contributed by atoms with van der Waals surface area (Å²) in [5, 5.41) is 6.28. The van der Waals surface area contributed by atoms with Crippen LogP contribution < -0.4 is 20.1 Å². The molecule has 0 atom stereocenters. The van der Waals surface area contributed by atoms with E-state index in [1.165, 1.54) is 0 Å². The second kappa shape index (κ2) is 9.34. The van der Waals surface area contributed by atoms with Gasteiger partial charge in [-0.15, -0.1) is 0 Å². The lowest BCUT2D eigenvalue weighted by Gasteiger charge is -2.31. The second-order valence-corrected chi connectivity index (χ2v) is 6.56. The van der Waals surface area contributed by atoms with Crippen molar-refractivity contribution in [3.63, 3.8) is 0 Å². The van der Waals surface area contributed by atoms with Crippen molar-refractivity contribution in [2.45, 2.75) is 32.2 Å². The smallest absolute Gasteiger partial charge is 0.409 e. The number of hydrogen-bond donors (Lipinski definition) is 2. The average molecular weight is 377 g/mol. The van der Waals surface area contributed by atoms with Crippen LogP contribution in [0.1, 0.15) is 26.2 Å². The number of fused-ring (bicyclic) bond motifs is 1. The molecule has 1 aromatic carbocycles. The Morgan fingerprint density at radius 2 is 1.93 bits per heavy atom. The van der Waals surface area contributed by atoms with E-state index in [-0.39, 0.29) is 18.0 Å². The SMILES string of the molecule is CCOC(=O)N1CCC(NC(=O)CCNc2ccc3c(c2)OCCO3)CC1. The maximum absolute atomic E-state index is 12.2. The van der Waals surface area contributed by atoms with Crippen LogP contribution in [0.2, 0.25) is 0 Å². The van der Waals surface area contributed by atoms with Crippen LogP contribution >= 0.6 is 0 Å². The summed E-state index contributed by atoms with van der Waals surface area (Å²) in [5.74, 6) is 1.48. The van der Waals surface area contributed by atoms with E-state index in [9.17, 15) is 9.59 Å². The highest BCUT2D eigenvalue weighted by Crippen LogP contribution is 2.32. The third-order valence-corrected chi connectivity index (χ3v) is 4.61. The molecule has 3 rings (SSSR count). The standard InChI is InChI=1S/C19H27N3O5/c1-2-25-19(24)22-9-6-14(7-10-22)21-18(23)5-8-20-15-3-4-16-17(13-15)27-12-11-26-16/h3-4,13-14,20H,2,5-12H2,1H3,(H,21,23). The highest BCUT2D eigenvalue weighted by atomic mass is 16.6. The first-order chi connectivity index (χ1) is 13.2. The number of carbonyl (C=O) groups is 2. The Kier molecular flexibility index (Phi) is 6.62. The number of ether oxygens (including phenoxy) is 3. The van der Waals surface area contributed by atoms with Crippen LogP contribution in [0.25, 0.3) is 0 Å². The van der Waals surface area contributed by atoms with Crippen molar-refractivity contribution in [2.75, 3.05) is 44.8 Å². The van der Waals surface area contributed by atoms with Gasteiger partial charge in [-0.2, -0.15) is 0 Å². The van der Waals surface area contributed by atoms with Gasteiger partial charge in [-0.3, -0.25) is 4.79 Å². The third kappa shape index (κ3) is 5.42. The largest absolute Gasteiger partial charge is 0.486 e. The van der Waals surface area contributed by atoms with Crippen molar-refractivity contribution in [3.05, 3.63) is 18.2 Å². The van der Waals surface area contributed by atoms with Gasteiger partial charge in [-0.1, -0.05) is 0 Å². The zero-order chi connectivity index (χ0) is 19.1. The van der Waals surface area contributed by atoms with Crippen molar-refractivity contribution in [1.29, 1.82) is 0 Å². The minimum Gasteiger partial charge on any atom is -0.486 e.